The molecular weight excluding hydrogens is 730 g/mol. The third-order valence-corrected chi connectivity index (χ3v) is 10.7. The number of hydrogen-bond donors (Lipinski definition) is 1. The number of sulfonamides is 1. The van der Waals surface area contributed by atoms with Gasteiger partial charge < -0.3 is 29.3 Å². The molecule has 0 amide bonds. The van der Waals surface area contributed by atoms with Gasteiger partial charge in [-0.05, 0) is 60.4 Å². The number of piperazine rings is 1. The van der Waals surface area contributed by atoms with E-state index in [1.165, 1.54) is 17.7 Å². The zero-order valence-electron chi connectivity index (χ0n) is 31.0. The molecule has 284 valence electrons. The summed E-state index contributed by atoms with van der Waals surface area (Å²) in [6.45, 7) is 5.89. The van der Waals surface area contributed by atoms with Gasteiger partial charge in [0.1, 0.15) is 23.1 Å². The lowest BCUT2D eigenvalue weighted by Crippen LogP contribution is -2.48. The van der Waals surface area contributed by atoms with Gasteiger partial charge in [0.2, 0.25) is 16.0 Å². The summed E-state index contributed by atoms with van der Waals surface area (Å²) in [6, 6.07) is 19.6. The minimum Gasteiger partial charge on any atom is -0.497 e. The molecule has 5 aromatic rings. The van der Waals surface area contributed by atoms with E-state index in [1.807, 2.05) is 67.7 Å². The number of aromatic nitrogens is 5. The Morgan fingerprint density at radius 2 is 1.43 bits per heavy atom. The van der Waals surface area contributed by atoms with Crippen LogP contribution >= 0.6 is 11.6 Å². The maximum atomic E-state index is 12.0. The van der Waals surface area contributed by atoms with E-state index in [0.29, 0.717) is 86.1 Å². The van der Waals surface area contributed by atoms with Crippen molar-refractivity contribution < 1.29 is 22.6 Å². The second kappa shape index (κ2) is 17.4. The minimum atomic E-state index is -3.21. The predicted molar refractivity (Wildman–Crippen MR) is 209 cm³/mol. The first-order chi connectivity index (χ1) is 26.0. The van der Waals surface area contributed by atoms with E-state index < -0.39 is 10.0 Å². The van der Waals surface area contributed by atoms with Crippen molar-refractivity contribution in [3.05, 3.63) is 101 Å². The van der Waals surface area contributed by atoms with Gasteiger partial charge in [0, 0.05) is 58.1 Å². The van der Waals surface area contributed by atoms with Crippen LogP contribution in [0.25, 0.3) is 11.4 Å². The molecule has 14 nitrogen and oxygen atoms in total. The first-order valence-corrected chi connectivity index (χ1v) is 19.6. The first-order valence-electron chi connectivity index (χ1n) is 17.4. The summed E-state index contributed by atoms with van der Waals surface area (Å²) < 4.78 is 41.8. The smallest absolute Gasteiger partial charge is 0.229 e. The van der Waals surface area contributed by atoms with Crippen LogP contribution in [0.2, 0.25) is 5.15 Å². The molecular formula is C38H44ClN9O5S. The van der Waals surface area contributed by atoms with Gasteiger partial charge in [0.15, 0.2) is 16.7 Å². The molecule has 1 N–H and O–H groups in total. The van der Waals surface area contributed by atoms with Gasteiger partial charge in [-0.1, -0.05) is 35.9 Å². The van der Waals surface area contributed by atoms with E-state index in [2.05, 4.69) is 20.1 Å². The summed E-state index contributed by atoms with van der Waals surface area (Å²) in [5.41, 5.74) is 4.37. The Labute approximate surface area is 321 Å². The molecule has 1 fully saturated rings. The Bertz CT molecular complexity index is 2100. The average molecular weight is 774 g/mol. The summed E-state index contributed by atoms with van der Waals surface area (Å²) in [5.74, 6) is 3.96. The van der Waals surface area contributed by atoms with E-state index in [-0.39, 0.29) is 5.15 Å². The predicted octanol–water partition coefficient (Wildman–Crippen LogP) is 5.39. The first kappa shape index (κ1) is 38.6. The lowest BCUT2D eigenvalue weighted by molar-refractivity contribution is 0.191. The lowest BCUT2D eigenvalue weighted by atomic mass is 10.1. The Hall–Kier alpha value is -5.09. The largest absolute Gasteiger partial charge is 0.497 e. The molecule has 0 bridgehead atoms. The normalized spacial score (nSPS) is 13.7. The summed E-state index contributed by atoms with van der Waals surface area (Å²) in [7, 11) is 1.62. The summed E-state index contributed by atoms with van der Waals surface area (Å²) in [6.07, 6.45) is 5.38. The van der Waals surface area contributed by atoms with Crippen LogP contribution in [0.3, 0.4) is 0 Å². The van der Waals surface area contributed by atoms with Gasteiger partial charge in [-0.25, -0.2) is 23.4 Å². The molecule has 16 heteroatoms. The number of halogens is 1. The third kappa shape index (κ3) is 9.91. The molecule has 1 aliphatic rings. The number of nitrogens with zero attached hydrogens (tertiary/aromatic N) is 8. The van der Waals surface area contributed by atoms with Crippen molar-refractivity contribution in [3.8, 4) is 28.6 Å². The van der Waals surface area contributed by atoms with Crippen LogP contribution in [0.1, 0.15) is 22.5 Å². The minimum absolute atomic E-state index is 0.246. The van der Waals surface area contributed by atoms with Crippen molar-refractivity contribution in [3.63, 3.8) is 0 Å². The molecule has 0 unspecified atom stereocenters. The molecule has 0 spiro atoms. The molecule has 1 saturated heterocycles. The highest BCUT2D eigenvalue weighted by molar-refractivity contribution is 7.88. The molecule has 0 atom stereocenters. The molecule has 1 aliphatic heterocycles. The second-order valence-corrected chi connectivity index (χ2v) is 15.2. The molecule has 4 heterocycles. The van der Waals surface area contributed by atoms with Crippen LogP contribution in [0.15, 0.2) is 73.1 Å². The van der Waals surface area contributed by atoms with E-state index in [4.69, 9.17) is 45.7 Å². The van der Waals surface area contributed by atoms with Crippen molar-refractivity contribution in [2.75, 3.05) is 70.5 Å². The van der Waals surface area contributed by atoms with Gasteiger partial charge >= 0.3 is 0 Å². The number of ether oxygens (including phenoxy) is 3. The maximum absolute atomic E-state index is 12.0. The van der Waals surface area contributed by atoms with Crippen LogP contribution in [0.5, 0.6) is 17.2 Å². The highest BCUT2D eigenvalue weighted by Gasteiger charge is 2.24. The van der Waals surface area contributed by atoms with Crippen molar-refractivity contribution in [2.45, 2.75) is 26.4 Å². The molecule has 0 aliphatic carbocycles. The fourth-order valence-electron chi connectivity index (χ4n) is 6.09. The lowest BCUT2D eigenvalue weighted by Gasteiger charge is -2.33. The Morgan fingerprint density at radius 3 is 2.00 bits per heavy atom. The Morgan fingerprint density at radius 1 is 0.796 bits per heavy atom. The van der Waals surface area contributed by atoms with Crippen LogP contribution in [-0.4, -0.2) is 103 Å². The fraction of sp³-hybridized carbons (Fsp3) is 0.342. The van der Waals surface area contributed by atoms with Gasteiger partial charge in [-0.15, -0.1) is 0 Å². The van der Waals surface area contributed by atoms with E-state index >= 15 is 0 Å². The topological polar surface area (TPSA) is 148 Å². The van der Waals surface area contributed by atoms with E-state index in [0.717, 1.165) is 34.7 Å². The molecule has 3 aromatic heterocycles. The summed E-state index contributed by atoms with van der Waals surface area (Å²) in [5, 5.41) is 3.62. The van der Waals surface area contributed by atoms with Gasteiger partial charge in [-0.3, -0.25) is 0 Å². The second-order valence-electron chi connectivity index (χ2n) is 12.9. The van der Waals surface area contributed by atoms with Crippen molar-refractivity contribution in [2.24, 2.45) is 0 Å². The van der Waals surface area contributed by atoms with E-state index in [9.17, 15) is 8.42 Å². The summed E-state index contributed by atoms with van der Waals surface area (Å²) in [4.78, 5) is 28.2. The van der Waals surface area contributed by atoms with E-state index in [1.54, 1.807) is 26.5 Å². The molecule has 0 radical (unpaired) electrons. The Balaban J connectivity index is 1.35. The quantitative estimate of drug-likeness (QED) is 0.136. The summed E-state index contributed by atoms with van der Waals surface area (Å²) >= 11 is 6.23. The number of benzene rings is 2. The van der Waals surface area contributed by atoms with Crippen LogP contribution in [0.4, 0.5) is 17.5 Å². The highest BCUT2D eigenvalue weighted by atomic mass is 35.5. The van der Waals surface area contributed by atoms with Crippen molar-refractivity contribution >= 4 is 39.1 Å². The van der Waals surface area contributed by atoms with Crippen LogP contribution in [-0.2, 0) is 29.5 Å². The number of pyridine rings is 2. The van der Waals surface area contributed by atoms with Crippen molar-refractivity contribution in [1.82, 2.24) is 34.1 Å². The highest BCUT2D eigenvalue weighted by Crippen LogP contribution is 2.32. The fourth-order valence-corrected chi connectivity index (χ4v) is 7.10. The van der Waals surface area contributed by atoms with Crippen molar-refractivity contribution in [1.29, 1.82) is 0 Å². The number of anilines is 3. The SMILES string of the molecule is COc1ccc(CN(Cc2ccc(OC)cc2)c2nc(C)nc(-c3cc(CCN4CCN(S(C)(=O)=O)CC4)cnc3Nc3cnc(Cl)c(OC)c3)n2)cc1. The van der Waals surface area contributed by atoms with Crippen LogP contribution < -0.4 is 24.4 Å². The number of aryl methyl sites for hydroxylation is 1. The molecule has 0 saturated carbocycles. The van der Waals surface area contributed by atoms with Gasteiger partial charge in [-0.2, -0.15) is 14.3 Å². The third-order valence-electron chi connectivity index (χ3n) is 9.07. The van der Waals surface area contributed by atoms with Gasteiger partial charge in [0.25, 0.3) is 0 Å². The molecule has 54 heavy (non-hydrogen) atoms. The zero-order chi connectivity index (χ0) is 38.2. The maximum Gasteiger partial charge on any atom is 0.229 e. The number of rotatable bonds is 15. The van der Waals surface area contributed by atoms with Gasteiger partial charge in [0.05, 0.1) is 45.0 Å². The molecule has 6 rings (SSSR count). The zero-order valence-corrected chi connectivity index (χ0v) is 32.6. The number of hydrogen-bond acceptors (Lipinski definition) is 13. The Kier molecular flexibility index (Phi) is 12.4. The monoisotopic (exact) mass is 773 g/mol. The molecule has 2 aromatic carbocycles. The van der Waals surface area contributed by atoms with Crippen LogP contribution in [0, 0.1) is 6.92 Å². The average Bonchev–Trinajstić information content (AvgIpc) is 3.18. The standard InChI is InChI=1S/C38H44ClN9O5S/c1-26-42-37(45-38(43-26)47(24-27-6-10-31(51-2)11-7-27)25-28-8-12-32(52-3)13-9-28)33-20-29(14-15-46-16-18-48(19-17-46)54(5,49)50)22-41-36(33)44-30-21-34(53-4)35(39)40-23-30/h6-13,20-23H,14-19,24-25H2,1-5H3,(H,41,44). The number of nitrogens with one attached hydrogen (secondary N) is 1. The number of methoxy groups -OCH3 is 3.